The number of benzene rings is 1. The molecule has 8 heteroatoms. The van der Waals surface area contributed by atoms with Gasteiger partial charge in [0.1, 0.15) is 10.8 Å². The lowest BCUT2D eigenvalue weighted by Crippen LogP contribution is -2.32. The van der Waals surface area contributed by atoms with Crippen LogP contribution in [0.15, 0.2) is 18.2 Å². The molecule has 138 valence electrons. The first-order valence-corrected chi connectivity index (χ1v) is 9.33. The summed E-state index contributed by atoms with van der Waals surface area (Å²) in [5.41, 5.74) is 1.64. The van der Waals surface area contributed by atoms with E-state index in [9.17, 15) is 14.0 Å². The molecule has 3 rings (SSSR count). The van der Waals surface area contributed by atoms with Gasteiger partial charge in [0.05, 0.1) is 5.92 Å². The number of rotatable bonds is 5. The quantitative estimate of drug-likeness (QED) is 0.871. The van der Waals surface area contributed by atoms with Crippen LogP contribution < -0.4 is 10.2 Å². The molecule has 26 heavy (non-hydrogen) atoms. The van der Waals surface area contributed by atoms with E-state index >= 15 is 0 Å². The molecule has 1 saturated heterocycles. The number of anilines is 1. The molecule has 0 radical (unpaired) electrons. The van der Waals surface area contributed by atoms with Crippen molar-refractivity contribution in [3.8, 4) is 0 Å². The molecule has 2 aromatic rings. The summed E-state index contributed by atoms with van der Waals surface area (Å²) >= 11 is 1.38. The van der Waals surface area contributed by atoms with Gasteiger partial charge in [-0.15, -0.1) is 10.2 Å². The molecule has 1 atom stereocenters. The van der Waals surface area contributed by atoms with Crippen LogP contribution in [0.2, 0.25) is 0 Å². The normalized spacial score (nSPS) is 17.2. The van der Waals surface area contributed by atoms with Crippen LogP contribution >= 0.6 is 11.3 Å². The number of carbonyl (C=O) groups excluding carboxylic acids is 2. The molecule has 1 aliphatic rings. The number of aryl methyl sites for hydroxylation is 1. The van der Waals surface area contributed by atoms with Gasteiger partial charge in [-0.3, -0.25) is 14.5 Å². The van der Waals surface area contributed by atoms with Gasteiger partial charge in [-0.25, -0.2) is 4.39 Å². The zero-order valence-corrected chi connectivity index (χ0v) is 15.8. The van der Waals surface area contributed by atoms with Crippen LogP contribution in [0, 0.1) is 18.7 Å². The Morgan fingerprint density at radius 2 is 2.19 bits per heavy atom. The summed E-state index contributed by atoms with van der Waals surface area (Å²) in [6.07, 6.45) is 0.143. The fraction of sp³-hybridized carbons (Fsp3) is 0.444. The topological polar surface area (TPSA) is 75.2 Å². The second kappa shape index (κ2) is 7.49. The van der Waals surface area contributed by atoms with Crippen LogP contribution in [-0.2, 0) is 16.1 Å². The minimum absolute atomic E-state index is 0.126. The van der Waals surface area contributed by atoms with E-state index in [0.29, 0.717) is 11.7 Å². The average Bonchev–Trinajstić information content (AvgIpc) is 3.22. The molecule has 1 aromatic carbocycles. The zero-order chi connectivity index (χ0) is 18.8. The van der Waals surface area contributed by atoms with E-state index < -0.39 is 5.92 Å². The summed E-state index contributed by atoms with van der Waals surface area (Å²) in [6.45, 7) is 6.42. The van der Waals surface area contributed by atoms with Crippen LogP contribution in [0.1, 0.15) is 42.3 Å². The Labute approximate surface area is 155 Å². The molecule has 1 unspecified atom stereocenters. The number of hydrogen-bond acceptors (Lipinski definition) is 5. The first kappa shape index (κ1) is 18.4. The summed E-state index contributed by atoms with van der Waals surface area (Å²) in [5, 5.41) is 12.4. The Morgan fingerprint density at radius 1 is 1.42 bits per heavy atom. The highest BCUT2D eigenvalue weighted by molar-refractivity contribution is 7.15. The van der Waals surface area contributed by atoms with E-state index in [1.807, 2.05) is 20.8 Å². The number of hydrogen-bond donors (Lipinski definition) is 1. The van der Waals surface area contributed by atoms with Crippen LogP contribution in [0.5, 0.6) is 0 Å². The molecule has 1 fully saturated rings. The van der Waals surface area contributed by atoms with E-state index in [2.05, 4.69) is 15.5 Å². The molecule has 0 aliphatic carbocycles. The van der Waals surface area contributed by atoms with Crippen LogP contribution in [0.4, 0.5) is 9.52 Å². The van der Waals surface area contributed by atoms with E-state index in [1.54, 1.807) is 6.07 Å². The lowest BCUT2D eigenvalue weighted by molar-refractivity contribution is -0.126. The Hall–Kier alpha value is -2.35. The highest BCUT2D eigenvalue weighted by atomic mass is 32.1. The Balaban J connectivity index is 1.62. The predicted molar refractivity (Wildman–Crippen MR) is 97.4 cm³/mol. The van der Waals surface area contributed by atoms with Gasteiger partial charge in [0.15, 0.2) is 0 Å². The van der Waals surface area contributed by atoms with Crippen molar-refractivity contribution >= 4 is 28.3 Å². The Bertz CT molecular complexity index is 836. The van der Waals surface area contributed by atoms with E-state index in [4.69, 9.17) is 0 Å². The summed E-state index contributed by atoms with van der Waals surface area (Å²) in [5.74, 6) is -0.869. The van der Waals surface area contributed by atoms with Gasteiger partial charge < -0.3 is 5.32 Å². The SMILES string of the molecule is Cc1ccc(F)cc1CNC(=O)C1CC(=O)N(c2nnc(C(C)C)s2)C1. The van der Waals surface area contributed by atoms with Crippen molar-refractivity contribution in [2.45, 2.75) is 39.7 Å². The zero-order valence-electron chi connectivity index (χ0n) is 15.0. The predicted octanol–water partition coefficient (Wildman–Crippen LogP) is 2.78. The first-order valence-electron chi connectivity index (χ1n) is 8.51. The molecular weight excluding hydrogens is 355 g/mol. The van der Waals surface area contributed by atoms with Crippen molar-refractivity contribution in [2.75, 3.05) is 11.4 Å². The summed E-state index contributed by atoms with van der Waals surface area (Å²) in [4.78, 5) is 26.2. The molecule has 1 aliphatic heterocycles. The standard InChI is InChI=1S/C18H21FN4O2S/c1-10(2)17-21-22-18(26-17)23-9-13(7-15(23)24)16(25)20-8-12-6-14(19)5-4-11(12)3/h4-6,10,13H,7-9H2,1-3H3,(H,20,25). The van der Waals surface area contributed by atoms with Crippen molar-refractivity contribution in [1.29, 1.82) is 0 Å². The number of carbonyl (C=O) groups is 2. The van der Waals surface area contributed by atoms with Gasteiger partial charge in [-0.2, -0.15) is 0 Å². The summed E-state index contributed by atoms with van der Waals surface area (Å²) in [7, 11) is 0. The number of nitrogens with one attached hydrogen (secondary N) is 1. The van der Waals surface area contributed by atoms with Gasteiger partial charge in [0.25, 0.3) is 0 Å². The molecular formula is C18H21FN4O2S. The van der Waals surface area contributed by atoms with Crippen molar-refractivity contribution in [3.05, 3.63) is 40.2 Å². The average molecular weight is 376 g/mol. The molecule has 1 aromatic heterocycles. The van der Waals surface area contributed by atoms with Gasteiger partial charge in [0, 0.05) is 25.4 Å². The van der Waals surface area contributed by atoms with Crippen molar-refractivity contribution in [1.82, 2.24) is 15.5 Å². The van der Waals surface area contributed by atoms with Crippen LogP contribution in [0.25, 0.3) is 0 Å². The second-order valence-electron chi connectivity index (χ2n) is 6.77. The van der Waals surface area contributed by atoms with Gasteiger partial charge >= 0.3 is 0 Å². The molecule has 2 heterocycles. The Morgan fingerprint density at radius 3 is 2.88 bits per heavy atom. The van der Waals surface area contributed by atoms with Crippen LogP contribution in [0.3, 0.4) is 0 Å². The monoisotopic (exact) mass is 376 g/mol. The fourth-order valence-electron chi connectivity index (χ4n) is 2.79. The first-order chi connectivity index (χ1) is 12.3. The van der Waals surface area contributed by atoms with E-state index in [1.165, 1.54) is 28.4 Å². The van der Waals surface area contributed by atoms with E-state index in [-0.39, 0.29) is 36.5 Å². The van der Waals surface area contributed by atoms with Gasteiger partial charge in [-0.05, 0) is 30.2 Å². The molecule has 6 nitrogen and oxygen atoms in total. The molecule has 1 N–H and O–H groups in total. The highest BCUT2D eigenvalue weighted by Crippen LogP contribution is 2.30. The number of amides is 2. The van der Waals surface area contributed by atoms with Crippen LogP contribution in [-0.4, -0.2) is 28.6 Å². The third-order valence-corrected chi connectivity index (χ3v) is 5.66. The maximum Gasteiger partial charge on any atom is 0.229 e. The minimum Gasteiger partial charge on any atom is -0.352 e. The number of halogens is 1. The third kappa shape index (κ3) is 3.90. The van der Waals surface area contributed by atoms with Crippen molar-refractivity contribution in [3.63, 3.8) is 0 Å². The minimum atomic E-state index is -0.442. The second-order valence-corrected chi connectivity index (χ2v) is 7.76. The summed E-state index contributed by atoms with van der Waals surface area (Å²) < 4.78 is 13.3. The number of nitrogens with zero attached hydrogens (tertiary/aromatic N) is 3. The lowest BCUT2D eigenvalue weighted by atomic mass is 10.1. The van der Waals surface area contributed by atoms with Crippen molar-refractivity contribution in [2.24, 2.45) is 5.92 Å². The summed E-state index contributed by atoms with van der Waals surface area (Å²) in [6, 6.07) is 4.48. The van der Waals surface area contributed by atoms with Gasteiger partial charge in [-0.1, -0.05) is 31.3 Å². The smallest absolute Gasteiger partial charge is 0.229 e. The molecule has 0 spiro atoms. The maximum absolute atomic E-state index is 13.3. The number of aromatic nitrogens is 2. The third-order valence-electron chi connectivity index (χ3n) is 4.41. The highest BCUT2D eigenvalue weighted by Gasteiger charge is 2.36. The largest absolute Gasteiger partial charge is 0.352 e. The van der Waals surface area contributed by atoms with Gasteiger partial charge in [0.2, 0.25) is 16.9 Å². The molecule has 2 amide bonds. The molecule has 0 saturated carbocycles. The molecule has 0 bridgehead atoms. The fourth-order valence-corrected chi connectivity index (χ4v) is 3.67. The maximum atomic E-state index is 13.3. The van der Waals surface area contributed by atoms with E-state index in [0.717, 1.165) is 16.1 Å². The van der Waals surface area contributed by atoms with Crippen molar-refractivity contribution < 1.29 is 14.0 Å². The Kier molecular flexibility index (Phi) is 5.31. The lowest BCUT2D eigenvalue weighted by Gasteiger charge is -2.13.